The van der Waals surface area contributed by atoms with Crippen molar-refractivity contribution in [2.24, 2.45) is 0 Å². The van der Waals surface area contributed by atoms with Crippen LogP contribution in [0.2, 0.25) is 0 Å². The van der Waals surface area contributed by atoms with Crippen molar-refractivity contribution in [2.75, 3.05) is 27.7 Å². The van der Waals surface area contributed by atoms with Crippen LogP contribution in [0.4, 0.5) is 0 Å². The molecule has 3 rings (SSSR count). The van der Waals surface area contributed by atoms with E-state index in [0.29, 0.717) is 12.2 Å². The number of likely N-dealkylation sites (N-methyl/N-ethyl adjacent to an activating group) is 1. The number of aromatic nitrogens is 2. The molecule has 1 amide bonds. The zero-order valence-corrected chi connectivity index (χ0v) is 15.1. The number of nitrogens with one attached hydrogen (secondary N) is 2. The first-order valence-electron chi connectivity index (χ1n) is 8.75. The zero-order valence-electron chi connectivity index (χ0n) is 15.1. The number of amides is 1. The first-order chi connectivity index (χ1) is 12.1. The van der Waals surface area contributed by atoms with E-state index in [4.69, 9.17) is 4.74 Å². The molecule has 0 aliphatic heterocycles. The Morgan fingerprint density at radius 3 is 2.68 bits per heavy atom. The SMILES string of the molecule is COc1ccc(C(CNC(=O)c2n[nH]c3c2CCCC3)N(C)C)cc1. The predicted octanol–water partition coefficient (Wildman–Crippen LogP) is 2.33. The third-order valence-electron chi connectivity index (χ3n) is 4.85. The summed E-state index contributed by atoms with van der Waals surface area (Å²) in [6, 6.07) is 8.04. The number of hydrogen-bond acceptors (Lipinski definition) is 4. The molecule has 0 saturated heterocycles. The third kappa shape index (κ3) is 3.85. The molecule has 1 aromatic heterocycles. The maximum Gasteiger partial charge on any atom is 0.272 e. The highest BCUT2D eigenvalue weighted by molar-refractivity contribution is 5.94. The van der Waals surface area contributed by atoms with E-state index in [2.05, 4.69) is 20.4 Å². The quantitative estimate of drug-likeness (QED) is 0.845. The highest BCUT2D eigenvalue weighted by Gasteiger charge is 2.23. The van der Waals surface area contributed by atoms with Gasteiger partial charge in [0.2, 0.25) is 0 Å². The van der Waals surface area contributed by atoms with Gasteiger partial charge in [0, 0.05) is 17.8 Å². The monoisotopic (exact) mass is 342 g/mol. The van der Waals surface area contributed by atoms with E-state index in [0.717, 1.165) is 48.3 Å². The Hall–Kier alpha value is -2.34. The van der Waals surface area contributed by atoms with E-state index in [9.17, 15) is 4.79 Å². The summed E-state index contributed by atoms with van der Waals surface area (Å²) in [5.74, 6) is 0.730. The molecule has 1 aromatic carbocycles. The molecule has 25 heavy (non-hydrogen) atoms. The van der Waals surface area contributed by atoms with E-state index in [1.54, 1.807) is 7.11 Å². The van der Waals surface area contributed by atoms with Gasteiger partial charge in [-0.25, -0.2) is 0 Å². The van der Waals surface area contributed by atoms with Crippen LogP contribution in [0.1, 0.15) is 46.2 Å². The zero-order chi connectivity index (χ0) is 17.8. The molecule has 0 radical (unpaired) electrons. The minimum absolute atomic E-state index is 0.0876. The first kappa shape index (κ1) is 17.5. The van der Waals surface area contributed by atoms with Gasteiger partial charge in [-0.05, 0) is 57.5 Å². The standard InChI is InChI=1S/C19H26N4O2/c1-23(2)17(13-8-10-14(25-3)11-9-13)12-20-19(24)18-15-6-4-5-7-16(15)21-22-18/h8-11,17H,4-7,12H2,1-3H3,(H,20,24)(H,21,22). The highest BCUT2D eigenvalue weighted by atomic mass is 16.5. The van der Waals surface area contributed by atoms with Gasteiger partial charge in [-0.2, -0.15) is 5.10 Å². The summed E-state index contributed by atoms with van der Waals surface area (Å²) in [5.41, 5.74) is 3.91. The van der Waals surface area contributed by atoms with Crippen LogP contribution in [0.5, 0.6) is 5.75 Å². The van der Waals surface area contributed by atoms with Gasteiger partial charge < -0.3 is 15.0 Å². The molecule has 2 N–H and O–H groups in total. The maximum atomic E-state index is 12.6. The Kier molecular flexibility index (Phi) is 5.38. The van der Waals surface area contributed by atoms with Gasteiger partial charge in [-0.3, -0.25) is 9.89 Å². The number of ether oxygens (including phenoxy) is 1. The van der Waals surface area contributed by atoms with Crippen molar-refractivity contribution in [3.05, 3.63) is 46.8 Å². The van der Waals surface area contributed by atoms with E-state index in [-0.39, 0.29) is 11.9 Å². The Bertz CT molecular complexity index is 722. The average Bonchev–Trinajstić information content (AvgIpc) is 3.06. The summed E-state index contributed by atoms with van der Waals surface area (Å²) in [6.07, 6.45) is 4.21. The van der Waals surface area contributed by atoms with Gasteiger partial charge in [0.1, 0.15) is 5.75 Å². The molecule has 1 aliphatic carbocycles. The fourth-order valence-corrected chi connectivity index (χ4v) is 3.37. The van der Waals surface area contributed by atoms with Crippen LogP contribution in [0, 0.1) is 0 Å². The van der Waals surface area contributed by atoms with Crippen molar-refractivity contribution in [2.45, 2.75) is 31.7 Å². The van der Waals surface area contributed by atoms with Gasteiger partial charge in [-0.1, -0.05) is 12.1 Å². The molecule has 6 heteroatoms. The fraction of sp³-hybridized carbons (Fsp3) is 0.474. The lowest BCUT2D eigenvalue weighted by Crippen LogP contribution is -2.35. The van der Waals surface area contributed by atoms with Crippen LogP contribution in [-0.2, 0) is 12.8 Å². The van der Waals surface area contributed by atoms with Gasteiger partial charge in [0.15, 0.2) is 5.69 Å². The highest BCUT2D eigenvalue weighted by Crippen LogP contribution is 2.23. The Labute approximate surface area is 148 Å². The van der Waals surface area contributed by atoms with Crippen LogP contribution < -0.4 is 10.1 Å². The van der Waals surface area contributed by atoms with E-state index >= 15 is 0 Å². The number of rotatable bonds is 6. The molecule has 0 bridgehead atoms. The number of fused-ring (bicyclic) bond motifs is 1. The van der Waals surface area contributed by atoms with Crippen molar-refractivity contribution < 1.29 is 9.53 Å². The number of benzene rings is 1. The summed E-state index contributed by atoms with van der Waals surface area (Å²) in [7, 11) is 5.68. The number of H-pyrrole nitrogens is 1. The van der Waals surface area contributed by atoms with Crippen LogP contribution in [0.3, 0.4) is 0 Å². The Balaban J connectivity index is 1.68. The first-order valence-corrected chi connectivity index (χ1v) is 8.75. The fourth-order valence-electron chi connectivity index (χ4n) is 3.37. The third-order valence-corrected chi connectivity index (χ3v) is 4.85. The minimum Gasteiger partial charge on any atom is -0.497 e. The van der Waals surface area contributed by atoms with Gasteiger partial charge in [0.05, 0.1) is 13.2 Å². The van der Waals surface area contributed by atoms with E-state index in [1.807, 2.05) is 38.4 Å². The normalized spacial score (nSPS) is 14.9. The van der Waals surface area contributed by atoms with Crippen molar-refractivity contribution in [1.82, 2.24) is 20.4 Å². The molecule has 0 saturated carbocycles. The lowest BCUT2D eigenvalue weighted by Gasteiger charge is -2.25. The van der Waals surface area contributed by atoms with Crippen LogP contribution in [0.25, 0.3) is 0 Å². The van der Waals surface area contributed by atoms with Crippen molar-refractivity contribution >= 4 is 5.91 Å². The summed E-state index contributed by atoms with van der Waals surface area (Å²) in [4.78, 5) is 14.7. The molecule has 1 heterocycles. The number of methoxy groups -OCH3 is 1. The molecule has 2 aromatic rings. The number of carbonyl (C=O) groups excluding carboxylic acids is 1. The van der Waals surface area contributed by atoms with Crippen LogP contribution in [0.15, 0.2) is 24.3 Å². The molecule has 6 nitrogen and oxygen atoms in total. The average molecular weight is 342 g/mol. The molecular formula is C19H26N4O2. The Morgan fingerprint density at radius 2 is 2.00 bits per heavy atom. The lowest BCUT2D eigenvalue weighted by atomic mass is 9.95. The van der Waals surface area contributed by atoms with E-state index in [1.165, 1.54) is 0 Å². The number of aromatic amines is 1. The topological polar surface area (TPSA) is 70.2 Å². The second-order valence-electron chi connectivity index (χ2n) is 6.70. The van der Waals surface area contributed by atoms with Crippen molar-refractivity contribution in [1.29, 1.82) is 0 Å². The van der Waals surface area contributed by atoms with Crippen molar-refractivity contribution in [3.63, 3.8) is 0 Å². The molecule has 0 fully saturated rings. The number of aryl methyl sites for hydroxylation is 1. The number of nitrogens with zero attached hydrogens (tertiary/aromatic N) is 2. The summed E-state index contributed by atoms with van der Waals surface area (Å²) in [5, 5.41) is 10.3. The maximum absolute atomic E-state index is 12.6. The smallest absolute Gasteiger partial charge is 0.272 e. The second kappa shape index (κ2) is 7.70. The molecule has 1 unspecified atom stereocenters. The number of hydrogen-bond donors (Lipinski definition) is 2. The van der Waals surface area contributed by atoms with Crippen LogP contribution in [-0.4, -0.2) is 48.8 Å². The summed E-state index contributed by atoms with van der Waals surface area (Å²) < 4.78 is 5.21. The van der Waals surface area contributed by atoms with E-state index < -0.39 is 0 Å². The van der Waals surface area contributed by atoms with Gasteiger partial charge in [0.25, 0.3) is 5.91 Å². The molecule has 1 aliphatic rings. The second-order valence-corrected chi connectivity index (χ2v) is 6.70. The molecule has 0 spiro atoms. The van der Waals surface area contributed by atoms with Gasteiger partial charge in [-0.15, -0.1) is 0 Å². The summed E-state index contributed by atoms with van der Waals surface area (Å²) in [6.45, 7) is 0.528. The lowest BCUT2D eigenvalue weighted by molar-refractivity contribution is 0.0936. The van der Waals surface area contributed by atoms with Crippen molar-refractivity contribution in [3.8, 4) is 5.75 Å². The molecule has 134 valence electrons. The number of carbonyl (C=O) groups is 1. The van der Waals surface area contributed by atoms with Crippen LogP contribution >= 0.6 is 0 Å². The minimum atomic E-state index is -0.0974. The van der Waals surface area contributed by atoms with Gasteiger partial charge >= 0.3 is 0 Å². The summed E-state index contributed by atoms with van der Waals surface area (Å²) >= 11 is 0. The molecular weight excluding hydrogens is 316 g/mol. The predicted molar refractivity (Wildman–Crippen MR) is 97.0 cm³/mol. The molecule has 1 atom stereocenters. The largest absolute Gasteiger partial charge is 0.497 e. The Morgan fingerprint density at radius 1 is 1.28 bits per heavy atom.